The standard InChI is InChI=1S/C12H16ClFN2O/c1-12(2,7-15-3)11(17)16-8-4-5-10(14)9(13)6-8/h4-6,15H,7H2,1-3H3,(H,16,17). The van der Waals surface area contributed by atoms with Crippen LogP contribution in [0.4, 0.5) is 10.1 Å². The molecule has 3 nitrogen and oxygen atoms in total. The molecule has 17 heavy (non-hydrogen) atoms. The summed E-state index contributed by atoms with van der Waals surface area (Å²) in [6, 6.07) is 4.10. The van der Waals surface area contributed by atoms with Crippen LogP contribution in [0.1, 0.15) is 13.8 Å². The van der Waals surface area contributed by atoms with Gasteiger partial charge in [0.05, 0.1) is 10.4 Å². The SMILES string of the molecule is CNCC(C)(C)C(=O)Nc1ccc(F)c(Cl)c1. The zero-order valence-corrected chi connectivity index (χ0v) is 10.9. The van der Waals surface area contributed by atoms with Crippen molar-refractivity contribution in [1.29, 1.82) is 0 Å². The van der Waals surface area contributed by atoms with Crippen molar-refractivity contribution in [1.82, 2.24) is 5.32 Å². The summed E-state index contributed by atoms with van der Waals surface area (Å²) >= 11 is 5.63. The highest BCUT2D eigenvalue weighted by Crippen LogP contribution is 2.22. The van der Waals surface area contributed by atoms with Crippen molar-refractivity contribution < 1.29 is 9.18 Å². The molecule has 1 amide bonds. The van der Waals surface area contributed by atoms with E-state index in [-0.39, 0.29) is 10.9 Å². The van der Waals surface area contributed by atoms with Crippen LogP contribution >= 0.6 is 11.6 Å². The molecule has 0 atom stereocenters. The fourth-order valence-electron chi connectivity index (χ4n) is 1.40. The molecule has 0 aliphatic heterocycles. The minimum absolute atomic E-state index is 0.00535. The van der Waals surface area contributed by atoms with E-state index in [0.29, 0.717) is 12.2 Å². The smallest absolute Gasteiger partial charge is 0.231 e. The van der Waals surface area contributed by atoms with Crippen molar-refractivity contribution in [2.24, 2.45) is 5.41 Å². The van der Waals surface area contributed by atoms with Crippen LogP contribution in [0.3, 0.4) is 0 Å². The molecule has 0 saturated carbocycles. The Morgan fingerprint density at radius 1 is 1.47 bits per heavy atom. The van der Waals surface area contributed by atoms with Gasteiger partial charge >= 0.3 is 0 Å². The Labute approximate surface area is 105 Å². The minimum atomic E-state index is -0.546. The number of nitrogens with one attached hydrogen (secondary N) is 2. The van der Waals surface area contributed by atoms with Crippen LogP contribution in [0.25, 0.3) is 0 Å². The molecule has 0 bridgehead atoms. The zero-order chi connectivity index (χ0) is 13.1. The van der Waals surface area contributed by atoms with Gasteiger partial charge in [0.25, 0.3) is 0 Å². The molecule has 2 N–H and O–H groups in total. The van der Waals surface area contributed by atoms with Crippen LogP contribution in [0.2, 0.25) is 5.02 Å². The molecular weight excluding hydrogens is 243 g/mol. The average Bonchev–Trinajstić information content (AvgIpc) is 2.23. The molecule has 5 heteroatoms. The van der Waals surface area contributed by atoms with E-state index in [9.17, 15) is 9.18 Å². The number of hydrogen-bond donors (Lipinski definition) is 2. The van der Waals surface area contributed by atoms with E-state index in [1.807, 2.05) is 13.8 Å². The molecule has 1 aromatic rings. The molecule has 0 aliphatic carbocycles. The molecule has 0 fully saturated rings. The molecule has 0 heterocycles. The summed E-state index contributed by atoms with van der Waals surface area (Å²) in [5, 5.41) is 5.65. The maximum atomic E-state index is 12.9. The summed E-state index contributed by atoms with van der Waals surface area (Å²) in [5.74, 6) is -0.645. The molecule has 0 aromatic heterocycles. The summed E-state index contributed by atoms with van der Waals surface area (Å²) in [5.41, 5.74) is -0.0547. The Balaban J connectivity index is 2.77. The molecule has 0 saturated heterocycles. The second kappa shape index (κ2) is 5.47. The van der Waals surface area contributed by atoms with Gasteiger partial charge in [-0.1, -0.05) is 11.6 Å². The van der Waals surface area contributed by atoms with Gasteiger partial charge in [-0.15, -0.1) is 0 Å². The molecule has 0 radical (unpaired) electrons. The van der Waals surface area contributed by atoms with E-state index in [2.05, 4.69) is 10.6 Å². The maximum Gasteiger partial charge on any atom is 0.231 e. The summed E-state index contributed by atoms with van der Waals surface area (Å²) in [4.78, 5) is 11.9. The van der Waals surface area contributed by atoms with Gasteiger partial charge in [0.1, 0.15) is 5.82 Å². The molecule has 94 valence electrons. The van der Waals surface area contributed by atoms with Gasteiger partial charge in [-0.05, 0) is 39.1 Å². The zero-order valence-electron chi connectivity index (χ0n) is 10.1. The Morgan fingerprint density at radius 3 is 2.65 bits per heavy atom. The Kier molecular flexibility index (Phi) is 4.48. The Morgan fingerprint density at radius 2 is 2.12 bits per heavy atom. The monoisotopic (exact) mass is 258 g/mol. The van der Waals surface area contributed by atoms with Gasteiger partial charge in [-0.2, -0.15) is 0 Å². The van der Waals surface area contributed by atoms with Crippen molar-refractivity contribution in [3.63, 3.8) is 0 Å². The summed E-state index contributed by atoms with van der Waals surface area (Å²) < 4.78 is 12.9. The predicted molar refractivity (Wildman–Crippen MR) is 67.7 cm³/mol. The van der Waals surface area contributed by atoms with Gasteiger partial charge in [0.2, 0.25) is 5.91 Å². The minimum Gasteiger partial charge on any atom is -0.326 e. The fourth-order valence-corrected chi connectivity index (χ4v) is 1.58. The van der Waals surface area contributed by atoms with Gasteiger partial charge < -0.3 is 10.6 Å². The number of hydrogen-bond acceptors (Lipinski definition) is 2. The molecule has 0 spiro atoms. The van der Waals surface area contributed by atoms with Crippen LogP contribution in [0.5, 0.6) is 0 Å². The Hall–Kier alpha value is -1.13. The van der Waals surface area contributed by atoms with Crippen LogP contribution < -0.4 is 10.6 Å². The second-order valence-corrected chi connectivity index (χ2v) is 4.90. The van der Waals surface area contributed by atoms with Crippen molar-refractivity contribution in [2.45, 2.75) is 13.8 Å². The van der Waals surface area contributed by atoms with Crippen LogP contribution in [0.15, 0.2) is 18.2 Å². The summed E-state index contributed by atoms with van der Waals surface area (Å²) in [6.45, 7) is 4.20. The molecule has 1 rings (SSSR count). The van der Waals surface area contributed by atoms with E-state index in [1.165, 1.54) is 18.2 Å². The number of carbonyl (C=O) groups is 1. The molecule has 0 unspecified atom stereocenters. The highest BCUT2D eigenvalue weighted by atomic mass is 35.5. The first-order valence-electron chi connectivity index (χ1n) is 5.28. The van der Waals surface area contributed by atoms with Gasteiger partial charge in [-0.3, -0.25) is 4.79 Å². The number of rotatable bonds is 4. The van der Waals surface area contributed by atoms with Gasteiger partial charge in [-0.25, -0.2) is 4.39 Å². The van der Waals surface area contributed by atoms with Crippen molar-refractivity contribution in [3.8, 4) is 0 Å². The summed E-state index contributed by atoms with van der Waals surface area (Å²) in [6.07, 6.45) is 0. The average molecular weight is 259 g/mol. The lowest BCUT2D eigenvalue weighted by Crippen LogP contribution is -2.38. The van der Waals surface area contributed by atoms with Crippen LogP contribution in [-0.4, -0.2) is 19.5 Å². The lowest BCUT2D eigenvalue weighted by atomic mass is 9.92. The molecular formula is C12H16ClFN2O. The number of carbonyl (C=O) groups excluding carboxylic acids is 1. The van der Waals surface area contributed by atoms with Crippen molar-refractivity contribution in [2.75, 3.05) is 18.9 Å². The number of halogens is 2. The Bertz CT molecular complexity index is 421. The highest BCUT2D eigenvalue weighted by Gasteiger charge is 2.26. The van der Waals surface area contributed by atoms with Crippen molar-refractivity contribution in [3.05, 3.63) is 29.0 Å². The normalized spacial score (nSPS) is 11.4. The quantitative estimate of drug-likeness (QED) is 0.872. The lowest BCUT2D eigenvalue weighted by molar-refractivity contribution is -0.123. The van der Waals surface area contributed by atoms with E-state index < -0.39 is 11.2 Å². The lowest BCUT2D eigenvalue weighted by Gasteiger charge is -2.23. The molecule has 0 aliphatic rings. The van der Waals surface area contributed by atoms with E-state index in [1.54, 1.807) is 7.05 Å². The highest BCUT2D eigenvalue weighted by molar-refractivity contribution is 6.31. The first-order chi connectivity index (χ1) is 7.86. The third kappa shape index (κ3) is 3.68. The van der Waals surface area contributed by atoms with E-state index >= 15 is 0 Å². The number of benzene rings is 1. The topological polar surface area (TPSA) is 41.1 Å². The van der Waals surface area contributed by atoms with Crippen LogP contribution in [-0.2, 0) is 4.79 Å². The largest absolute Gasteiger partial charge is 0.326 e. The molecule has 1 aromatic carbocycles. The second-order valence-electron chi connectivity index (χ2n) is 4.50. The van der Waals surface area contributed by atoms with Gasteiger partial charge in [0.15, 0.2) is 0 Å². The first kappa shape index (κ1) is 13.9. The third-order valence-corrected chi connectivity index (χ3v) is 2.70. The fraction of sp³-hybridized carbons (Fsp3) is 0.417. The number of anilines is 1. The van der Waals surface area contributed by atoms with E-state index in [4.69, 9.17) is 11.6 Å². The maximum absolute atomic E-state index is 12.9. The summed E-state index contributed by atoms with van der Waals surface area (Å²) in [7, 11) is 1.78. The number of amides is 1. The predicted octanol–water partition coefficient (Wildman–Crippen LogP) is 2.66. The van der Waals surface area contributed by atoms with Gasteiger partial charge in [0, 0.05) is 12.2 Å². The third-order valence-electron chi connectivity index (χ3n) is 2.41. The van der Waals surface area contributed by atoms with Crippen molar-refractivity contribution >= 4 is 23.2 Å². The first-order valence-corrected chi connectivity index (χ1v) is 5.66. The van der Waals surface area contributed by atoms with E-state index in [0.717, 1.165) is 0 Å². The van der Waals surface area contributed by atoms with Crippen LogP contribution in [0, 0.1) is 11.2 Å².